The molecule has 0 spiro atoms. The number of aromatic carboxylic acids is 2. The van der Waals surface area contributed by atoms with Crippen LogP contribution in [0.5, 0.6) is 0 Å². The van der Waals surface area contributed by atoms with E-state index < -0.39 is 11.9 Å². The Morgan fingerprint density at radius 1 is 0.385 bits per heavy atom. The molecule has 0 atom stereocenters. The van der Waals surface area contributed by atoms with Crippen LogP contribution in [0, 0.1) is 0 Å². The molecule has 6 heteroatoms. The summed E-state index contributed by atoms with van der Waals surface area (Å²) in [6, 6.07) is 12.2. The average Bonchev–Trinajstić information content (AvgIpc) is 3.17. The van der Waals surface area contributed by atoms with Crippen LogP contribution in [0.4, 0.5) is 0 Å². The van der Waals surface area contributed by atoms with Gasteiger partial charge in [-0.15, -0.1) is 0 Å². The van der Waals surface area contributed by atoms with Crippen molar-refractivity contribution < 1.29 is 28.8 Å². The number of nitrogens with zero attached hydrogens (tertiary/aromatic N) is 2. The number of unbranched alkanes of at least 4 members (excludes halogenated alkanes) is 8. The van der Waals surface area contributed by atoms with Gasteiger partial charge in [-0.25, -0.2) is 0 Å². The van der Waals surface area contributed by atoms with E-state index in [0.29, 0.717) is 11.1 Å². The van der Waals surface area contributed by atoms with Crippen LogP contribution in [0.25, 0.3) is 11.1 Å². The Bertz CT molecular complexity index is 1010. The zero-order valence-electron chi connectivity index (χ0n) is 35.1. The number of hydrogen-bond acceptors (Lipinski definition) is 4. The van der Waals surface area contributed by atoms with E-state index in [2.05, 4.69) is 55.4 Å². The van der Waals surface area contributed by atoms with E-state index in [1.54, 1.807) is 24.3 Å². The third-order valence-corrected chi connectivity index (χ3v) is 10.5. The van der Waals surface area contributed by atoms with E-state index in [-0.39, 0.29) is 11.1 Å². The van der Waals surface area contributed by atoms with Gasteiger partial charge in [-0.3, -0.25) is 0 Å². The fourth-order valence-electron chi connectivity index (χ4n) is 7.08. The van der Waals surface area contributed by atoms with Gasteiger partial charge in [0.05, 0.1) is 64.3 Å². The molecule has 0 aliphatic carbocycles. The molecule has 0 amide bonds. The first-order chi connectivity index (χ1) is 25.1. The maximum absolute atomic E-state index is 11.0. The molecule has 0 heterocycles. The van der Waals surface area contributed by atoms with Crippen LogP contribution < -0.4 is 10.2 Å². The molecule has 298 valence electrons. The average molecular weight is 725 g/mol. The Labute approximate surface area is 321 Å². The molecule has 0 saturated heterocycles. The highest BCUT2D eigenvalue weighted by Gasteiger charge is 2.25. The number of carboxylic acid groups (broad SMARTS) is 2. The quantitative estimate of drug-likeness (QED) is 0.0860. The minimum Gasteiger partial charge on any atom is -0.545 e. The molecule has 0 aliphatic rings. The first-order valence-corrected chi connectivity index (χ1v) is 21.4. The summed E-state index contributed by atoms with van der Waals surface area (Å²) < 4.78 is 2.84. The third-order valence-electron chi connectivity index (χ3n) is 10.5. The van der Waals surface area contributed by atoms with Gasteiger partial charge in [0.25, 0.3) is 0 Å². The van der Waals surface area contributed by atoms with E-state index >= 15 is 0 Å². The summed E-state index contributed by atoms with van der Waals surface area (Å²) in [6.45, 7) is 30.0. The van der Waals surface area contributed by atoms with Crippen molar-refractivity contribution in [1.82, 2.24) is 0 Å². The lowest BCUT2D eigenvalue weighted by molar-refractivity contribution is -0.929. The molecule has 52 heavy (non-hydrogen) atoms. The molecule has 2 rings (SSSR count). The molecule has 0 saturated carbocycles. The molecule has 0 aliphatic heterocycles. The highest BCUT2D eigenvalue weighted by Crippen LogP contribution is 2.26. The van der Waals surface area contributed by atoms with Crippen molar-refractivity contribution in [2.45, 2.75) is 158 Å². The van der Waals surface area contributed by atoms with Gasteiger partial charge in [-0.2, -0.15) is 0 Å². The molecular formula is C46H80N2O4. The van der Waals surface area contributed by atoms with Crippen molar-refractivity contribution in [1.29, 1.82) is 0 Å². The highest BCUT2D eigenvalue weighted by molar-refractivity contribution is 6.00. The van der Waals surface area contributed by atoms with Crippen molar-refractivity contribution in [2.75, 3.05) is 52.4 Å². The number of carbonyl (C=O) groups excluding carboxylic acids is 2. The fourth-order valence-corrected chi connectivity index (χ4v) is 7.08. The normalized spacial score (nSPS) is 11.3. The lowest BCUT2D eigenvalue weighted by atomic mass is 9.95. The van der Waals surface area contributed by atoms with E-state index in [0.717, 1.165) is 0 Å². The number of quaternary nitrogens is 2. The topological polar surface area (TPSA) is 80.3 Å². The van der Waals surface area contributed by atoms with Crippen molar-refractivity contribution in [3.63, 3.8) is 0 Å². The summed E-state index contributed by atoms with van der Waals surface area (Å²) in [6.07, 6.45) is 22.1. The lowest BCUT2D eigenvalue weighted by Gasteiger charge is -2.39. The summed E-state index contributed by atoms with van der Waals surface area (Å²) in [5.74, 6) is -2.70. The Morgan fingerprint density at radius 2 is 0.577 bits per heavy atom. The molecular weight excluding hydrogens is 645 g/mol. The number of rotatable bonds is 27. The fraction of sp³-hybridized carbons (Fsp3) is 0.696. The summed E-state index contributed by atoms with van der Waals surface area (Å²) in [7, 11) is 0. The van der Waals surface area contributed by atoms with Crippen molar-refractivity contribution in [3.05, 3.63) is 59.7 Å². The SMILES string of the molecule is CCCC[N+](CCCC)(CCCC)CCCC.CCCC[N+](CCCC)(CCCC)CCCC.O=C([O-])c1ccccc1-c1ccccc1C(=O)[O-]. The second-order valence-corrected chi connectivity index (χ2v) is 15.0. The predicted molar refractivity (Wildman–Crippen MR) is 219 cm³/mol. The van der Waals surface area contributed by atoms with Gasteiger partial charge in [0.1, 0.15) is 0 Å². The summed E-state index contributed by atoms with van der Waals surface area (Å²) in [5, 5.41) is 22.0. The van der Waals surface area contributed by atoms with Crippen LogP contribution in [0.15, 0.2) is 48.5 Å². The van der Waals surface area contributed by atoms with E-state index in [4.69, 9.17) is 0 Å². The number of carbonyl (C=O) groups is 2. The zero-order valence-corrected chi connectivity index (χ0v) is 35.1. The van der Waals surface area contributed by atoms with Crippen LogP contribution in [0.2, 0.25) is 0 Å². The number of hydrogen-bond donors (Lipinski definition) is 0. The Balaban J connectivity index is 0.000000751. The van der Waals surface area contributed by atoms with Crippen molar-refractivity contribution in [2.24, 2.45) is 0 Å². The second kappa shape index (κ2) is 30.7. The van der Waals surface area contributed by atoms with Gasteiger partial charge < -0.3 is 28.8 Å². The first-order valence-electron chi connectivity index (χ1n) is 21.4. The molecule has 0 unspecified atom stereocenters. The molecule has 0 N–H and O–H groups in total. The number of carboxylic acids is 2. The molecule has 0 bridgehead atoms. The van der Waals surface area contributed by atoms with Gasteiger partial charge >= 0.3 is 0 Å². The minimum atomic E-state index is -1.35. The van der Waals surface area contributed by atoms with Crippen molar-refractivity contribution >= 4 is 11.9 Å². The monoisotopic (exact) mass is 725 g/mol. The molecule has 0 fully saturated rings. The second-order valence-electron chi connectivity index (χ2n) is 15.0. The van der Waals surface area contributed by atoms with Crippen LogP contribution in [-0.4, -0.2) is 73.3 Å². The minimum absolute atomic E-state index is 0.0498. The van der Waals surface area contributed by atoms with Gasteiger partial charge in [0.2, 0.25) is 0 Å². The lowest BCUT2D eigenvalue weighted by Crippen LogP contribution is -2.50. The summed E-state index contributed by atoms with van der Waals surface area (Å²) >= 11 is 0. The van der Waals surface area contributed by atoms with Crippen LogP contribution in [0.1, 0.15) is 179 Å². The van der Waals surface area contributed by atoms with Gasteiger partial charge in [-0.05, 0) is 62.5 Å². The van der Waals surface area contributed by atoms with E-state index in [1.165, 1.54) is 188 Å². The molecule has 0 aromatic heterocycles. The maximum Gasteiger partial charge on any atom is 0.0786 e. The van der Waals surface area contributed by atoms with Crippen LogP contribution >= 0.6 is 0 Å². The van der Waals surface area contributed by atoms with Crippen LogP contribution in [-0.2, 0) is 0 Å². The molecule has 2 aromatic carbocycles. The Kier molecular flexibility index (Phi) is 29.1. The zero-order chi connectivity index (χ0) is 39.1. The van der Waals surface area contributed by atoms with Gasteiger partial charge in [0, 0.05) is 11.1 Å². The Hall–Kier alpha value is -2.70. The summed E-state index contributed by atoms with van der Waals surface area (Å²) in [5.41, 5.74) is 0.506. The highest BCUT2D eigenvalue weighted by atomic mass is 16.4. The molecule has 2 aromatic rings. The van der Waals surface area contributed by atoms with E-state index in [9.17, 15) is 19.8 Å². The van der Waals surface area contributed by atoms with Crippen molar-refractivity contribution in [3.8, 4) is 11.1 Å². The van der Waals surface area contributed by atoms with Gasteiger partial charge in [0.15, 0.2) is 0 Å². The summed E-state index contributed by atoms with van der Waals surface area (Å²) in [4.78, 5) is 22.0. The Morgan fingerprint density at radius 3 is 0.750 bits per heavy atom. The third kappa shape index (κ3) is 19.9. The van der Waals surface area contributed by atoms with Gasteiger partial charge in [-0.1, -0.05) is 155 Å². The maximum atomic E-state index is 11.0. The van der Waals surface area contributed by atoms with Crippen LogP contribution in [0.3, 0.4) is 0 Å². The standard InChI is InChI=1S/2C16H36N.C14H10O4/c2*1-5-9-13-17(14-10-6-2,15-11-7-3)16-12-8-4;15-13(16)11-7-3-1-5-9(11)10-6-2-4-8-12(10)14(17)18/h2*5-16H2,1-4H3;1-8H,(H,15,16)(H,17,18)/q2*+1;/p-2. The van der Waals surface area contributed by atoms with E-state index in [1.807, 2.05) is 0 Å². The first kappa shape index (κ1) is 49.3. The molecule has 0 radical (unpaired) electrons. The molecule has 6 nitrogen and oxygen atoms in total. The smallest absolute Gasteiger partial charge is 0.0786 e. The number of benzene rings is 2. The predicted octanol–water partition coefficient (Wildman–Crippen LogP) is 10.1. The largest absolute Gasteiger partial charge is 0.545 e.